The minimum Gasteiger partial charge on any atom is -0.423 e. The van der Waals surface area contributed by atoms with Crippen LogP contribution in [0.2, 0.25) is 0 Å². The maximum absolute atomic E-state index is 5.26. The summed E-state index contributed by atoms with van der Waals surface area (Å²) in [6.45, 7) is 3.49. The maximum Gasteiger partial charge on any atom is 0.247 e. The molecule has 2 unspecified atom stereocenters. The number of rotatable bonds is 4. The molecule has 0 radical (unpaired) electrons. The molecule has 5 heteroatoms. The molecule has 1 aliphatic heterocycles. The first-order valence-electron chi connectivity index (χ1n) is 7.68. The van der Waals surface area contributed by atoms with Gasteiger partial charge in [-0.15, -0.1) is 10.2 Å². The first kappa shape index (κ1) is 12.8. The van der Waals surface area contributed by atoms with Crippen LogP contribution in [0.1, 0.15) is 26.2 Å². The van der Waals surface area contributed by atoms with E-state index in [4.69, 9.17) is 4.42 Å². The standard InChI is InChI=1S/C16H20N4O/c1-11-7-14(9-20(11)15-5-6-15)18-13-4-2-3-12(8-13)16-19-17-10-21-16/h2-4,8,10-11,14-15,18H,5-7,9H2,1H3. The Balaban J connectivity index is 1.46. The monoisotopic (exact) mass is 284 g/mol. The van der Waals surface area contributed by atoms with Crippen LogP contribution >= 0.6 is 0 Å². The Hall–Kier alpha value is -1.88. The van der Waals surface area contributed by atoms with Crippen LogP contribution in [0.15, 0.2) is 35.1 Å². The number of hydrogen-bond donors (Lipinski definition) is 1. The second kappa shape index (κ2) is 5.15. The molecular formula is C16H20N4O. The van der Waals surface area contributed by atoms with E-state index in [2.05, 4.69) is 39.5 Å². The smallest absolute Gasteiger partial charge is 0.247 e. The zero-order valence-electron chi connectivity index (χ0n) is 12.2. The average molecular weight is 284 g/mol. The molecule has 2 atom stereocenters. The molecule has 21 heavy (non-hydrogen) atoms. The molecule has 2 heterocycles. The second-order valence-corrected chi connectivity index (χ2v) is 6.18. The second-order valence-electron chi connectivity index (χ2n) is 6.18. The van der Waals surface area contributed by atoms with Gasteiger partial charge in [-0.1, -0.05) is 6.07 Å². The molecule has 1 saturated heterocycles. The highest BCUT2D eigenvalue weighted by molar-refractivity contribution is 5.61. The van der Waals surface area contributed by atoms with Crippen LogP contribution in [0.3, 0.4) is 0 Å². The van der Waals surface area contributed by atoms with Crippen molar-refractivity contribution in [2.45, 2.75) is 44.3 Å². The zero-order valence-corrected chi connectivity index (χ0v) is 12.2. The fourth-order valence-electron chi connectivity index (χ4n) is 3.35. The van der Waals surface area contributed by atoms with Crippen LogP contribution in [0, 0.1) is 0 Å². The molecule has 1 aromatic heterocycles. The van der Waals surface area contributed by atoms with Crippen LogP contribution in [0.5, 0.6) is 0 Å². The van der Waals surface area contributed by atoms with E-state index >= 15 is 0 Å². The summed E-state index contributed by atoms with van der Waals surface area (Å²) in [6, 6.07) is 10.3. The summed E-state index contributed by atoms with van der Waals surface area (Å²) in [6.07, 6.45) is 5.33. The van der Waals surface area contributed by atoms with Gasteiger partial charge in [-0.05, 0) is 44.4 Å². The summed E-state index contributed by atoms with van der Waals surface area (Å²) in [5, 5.41) is 11.4. The number of nitrogens with one attached hydrogen (secondary N) is 1. The van der Waals surface area contributed by atoms with E-state index in [1.54, 1.807) is 0 Å². The third-order valence-electron chi connectivity index (χ3n) is 4.48. The van der Waals surface area contributed by atoms with Gasteiger partial charge in [0.2, 0.25) is 12.3 Å². The van der Waals surface area contributed by atoms with Gasteiger partial charge in [0, 0.05) is 35.9 Å². The Morgan fingerprint density at radius 2 is 2.24 bits per heavy atom. The number of hydrogen-bond acceptors (Lipinski definition) is 5. The van der Waals surface area contributed by atoms with Crippen molar-refractivity contribution in [3.8, 4) is 11.5 Å². The van der Waals surface area contributed by atoms with Crippen molar-refractivity contribution in [2.75, 3.05) is 11.9 Å². The van der Waals surface area contributed by atoms with Crippen LogP contribution < -0.4 is 5.32 Å². The average Bonchev–Trinajstić information content (AvgIpc) is 3.04. The van der Waals surface area contributed by atoms with Gasteiger partial charge >= 0.3 is 0 Å². The predicted octanol–water partition coefficient (Wildman–Crippen LogP) is 2.77. The number of benzene rings is 1. The van der Waals surface area contributed by atoms with Crippen molar-refractivity contribution in [1.82, 2.24) is 15.1 Å². The van der Waals surface area contributed by atoms with Crippen molar-refractivity contribution < 1.29 is 4.42 Å². The van der Waals surface area contributed by atoms with Crippen molar-refractivity contribution in [1.29, 1.82) is 0 Å². The van der Waals surface area contributed by atoms with E-state index in [1.807, 2.05) is 12.1 Å². The molecule has 1 N–H and O–H groups in total. The highest BCUT2D eigenvalue weighted by Crippen LogP contribution is 2.34. The molecule has 1 aliphatic carbocycles. The quantitative estimate of drug-likeness (QED) is 0.935. The van der Waals surface area contributed by atoms with Gasteiger partial charge in [-0.2, -0.15) is 0 Å². The number of anilines is 1. The topological polar surface area (TPSA) is 54.2 Å². The summed E-state index contributed by atoms with van der Waals surface area (Å²) in [5.74, 6) is 0.568. The molecule has 0 bridgehead atoms. The minimum absolute atomic E-state index is 0.526. The fraction of sp³-hybridized carbons (Fsp3) is 0.500. The van der Waals surface area contributed by atoms with Gasteiger partial charge < -0.3 is 9.73 Å². The number of likely N-dealkylation sites (tertiary alicyclic amines) is 1. The molecule has 4 rings (SSSR count). The Morgan fingerprint density at radius 1 is 1.33 bits per heavy atom. The van der Waals surface area contributed by atoms with Gasteiger partial charge in [0.25, 0.3) is 0 Å². The van der Waals surface area contributed by atoms with Gasteiger partial charge in [0.05, 0.1) is 0 Å². The molecule has 2 aromatic rings. The molecule has 0 amide bonds. The molecule has 0 spiro atoms. The molecule has 2 aliphatic rings. The summed E-state index contributed by atoms with van der Waals surface area (Å²) in [7, 11) is 0. The van der Waals surface area contributed by atoms with Crippen molar-refractivity contribution in [3.05, 3.63) is 30.7 Å². The normalized spacial score (nSPS) is 26.1. The first-order chi connectivity index (χ1) is 10.3. The Kier molecular flexibility index (Phi) is 3.15. The number of aromatic nitrogens is 2. The largest absolute Gasteiger partial charge is 0.423 e. The highest BCUT2D eigenvalue weighted by Gasteiger charge is 2.38. The van der Waals surface area contributed by atoms with Crippen molar-refractivity contribution in [2.24, 2.45) is 0 Å². The number of nitrogens with zero attached hydrogens (tertiary/aromatic N) is 3. The highest BCUT2D eigenvalue weighted by atomic mass is 16.4. The summed E-state index contributed by atoms with van der Waals surface area (Å²) < 4.78 is 5.26. The van der Waals surface area contributed by atoms with Crippen LogP contribution in [-0.4, -0.2) is 39.8 Å². The summed E-state index contributed by atoms with van der Waals surface area (Å²) in [4.78, 5) is 2.65. The van der Waals surface area contributed by atoms with E-state index in [0.29, 0.717) is 18.0 Å². The van der Waals surface area contributed by atoms with E-state index in [0.717, 1.165) is 23.8 Å². The lowest BCUT2D eigenvalue weighted by Gasteiger charge is -2.20. The lowest BCUT2D eigenvalue weighted by molar-refractivity contribution is 0.257. The van der Waals surface area contributed by atoms with Crippen molar-refractivity contribution in [3.63, 3.8) is 0 Å². The Morgan fingerprint density at radius 3 is 3.00 bits per heavy atom. The Bertz CT molecular complexity index is 608. The van der Waals surface area contributed by atoms with Gasteiger partial charge in [0.15, 0.2) is 0 Å². The van der Waals surface area contributed by atoms with Gasteiger partial charge in [0.1, 0.15) is 0 Å². The Labute approximate surface area is 124 Å². The summed E-state index contributed by atoms with van der Waals surface area (Å²) in [5.41, 5.74) is 2.09. The molecule has 1 saturated carbocycles. The van der Waals surface area contributed by atoms with E-state index in [-0.39, 0.29) is 0 Å². The molecule has 2 fully saturated rings. The molecule has 1 aromatic carbocycles. The van der Waals surface area contributed by atoms with Crippen LogP contribution in [-0.2, 0) is 0 Å². The zero-order chi connectivity index (χ0) is 14.2. The molecule has 110 valence electrons. The third kappa shape index (κ3) is 2.65. The van der Waals surface area contributed by atoms with Gasteiger partial charge in [-0.25, -0.2) is 0 Å². The fourth-order valence-corrected chi connectivity index (χ4v) is 3.35. The van der Waals surface area contributed by atoms with Crippen LogP contribution in [0.4, 0.5) is 5.69 Å². The van der Waals surface area contributed by atoms with E-state index in [1.165, 1.54) is 25.7 Å². The van der Waals surface area contributed by atoms with E-state index in [9.17, 15) is 0 Å². The van der Waals surface area contributed by atoms with Gasteiger partial charge in [-0.3, -0.25) is 4.90 Å². The SMILES string of the molecule is CC1CC(Nc2cccc(-c3nnco3)c2)CN1C1CC1. The lowest BCUT2D eigenvalue weighted by atomic mass is 10.1. The van der Waals surface area contributed by atoms with Crippen LogP contribution in [0.25, 0.3) is 11.5 Å². The molecular weight excluding hydrogens is 264 g/mol. The lowest BCUT2D eigenvalue weighted by Crippen LogP contribution is -2.30. The predicted molar refractivity (Wildman–Crippen MR) is 81.0 cm³/mol. The maximum atomic E-state index is 5.26. The van der Waals surface area contributed by atoms with Crippen molar-refractivity contribution >= 4 is 5.69 Å². The molecule has 5 nitrogen and oxygen atoms in total. The third-order valence-corrected chi connectivity index (χ3v) is 4.48. The first-order valence-corrected chi connectivity index (χ1v) is 7.68. The minimum atomic E-state index is 0.526. The van der Waals surface area contributed by atoms with E-state index < -0.39 is 0 Å². The summed E-state index contributed by atoms with van der Waals surface area (Å²) >= 11 is 0.